The monoisotopic (exact) mass is 369 g/mol. The van der Waals surface area contributed by atoms with Crippen molar-refractivity contribution in [1.82, 2.24) is 5.32 Å². The summed E-state index contributed by atoms with van der Waals surface area (Å²) in [6, 6.07) is 10.8. The first kappa shape index (κ1) is 18.9. The van der Waals surface area contributed by atoms with Gasteiger partial charge in [0, 0.05) is 18.0 Å². The first-order valence-corrected chi connectivity index (χ1v) is 9.09. The molecular formula is C21H23NO5. The zero-order valence-electron chi connectivity index (χ0n) is 15.5. The van der Waals surface area contributed by atoms with Crippen molar-refractivity contribution >= 4 is 17.7 Å². The van der Waals surface area contributed by atoms with Crippen molar-refractivity contribution in [1.29, 1.82) is 0 Å². The predicted molar refractivity (Wildman–Crippen MR) is 98.2 cm³/mol. The van der Waals surface area contributed by atoms with Crippen LogP contribution in [0, 0.1) is 6.92 Å². The van der Waals surface area contributed by atoms with Crippen molar-refractivity contribution in [2.24, 2.45) is 0 Å². The third kappa shape index (κ3) is 5.06. The Hall–Kier alpha value is -2.89. The smallest absolute Gasteiger partial charge is 0.307 e. The first-order valence-electron chi connectivity index (χ1n) is 9.09. The lowest BCUT2D eigenvalue weighted by Crippen LogP contribution is -2.33. The largest absolute Gasteiger partial charge is 0.466 e. The van der Waals surface area contributed by atoms with E-state index in [1.807, 2.05) is 6.07 Å². The van der Waals surface area contributed by atoms with Crippen LogP contribution in [0.25, 0.3) is 0 Å². The maximum Gasteiger partial charge on any atom is 0.307 e. The normalized spacial score (nSPS) is 14.4. The topological polar surface area (TPSA) is 85.6 Å². The summed E-state index contributed by atoms with van der Waals surface area (Å²) in [5, 5.41) is 2.88. The summed E-state index contributed by atoms with van der Waals surface area (Å²) < 4.78 is 11.0. The number of aryl methyl sites for hydroxylation is 2. The molecule has 1 aromatic carbocycles. The van der Waals surface area contributed by atoms with E-state index in [9.17, 15) is 14.4 Å². The molecule has 1 amide bonds. The van der Waals surface area contributed by atoms with E-state index in [0.717, 1.165) is 12.8 Å². The Kier molecular flexibility index (Phi) is 5.74. The van der Waals surface area contributed by atoms with Gasteiger partial charge >= 0.3 is 5.97 Å². The predicted octanol–water partition coefficient (Wildman–Crippen LogP) is 3.29. The van der Waals surface area contributed by atoms with E-state index in [-0.39, 0.29) is 24.2 Å². The molecule has 1 aliphatic rings. The second-order valence-electron chi connectivity index (χ2n) is 6.80. The third-order valence-electron chi connectivity index (χ3n) is 4.44. The fraction of sp³-hybridized carbons (Fsp3) is 0.381. The SMILES string of the molecule is CC(=O)c1cc(CCC(=O)O[C@H](C(=O)NC2CC2)c2ccccc2)oc1C. The van der Waals surface area contributed by atoms with Crippen molar-refractivity contribution in [2.75, 3.05) is 0 Å². The number of benzene rings is 1. The highest BCUT2D eigenvalue weighted by atomic mass is 16.5. The number of carbonyl (C=O) groups excluding carboxylic acids is 3. The average Bonchev–Trinajstić information content (AvgIpc) is 3.37. The van der Waals surface area contributed by atoms with Crippen LogP contribution < -0.4 is 5.32 Å². The molecule has 3 rings (SSSR count). The molecule has 1 aliphatic carbocycles. The molecule has 2 aromatic rings. The summed E-state index contributed by atoms with van der Waals surface area (Å²) in [4.78, 5) is 36.3. The van der Waals surface area contributed by atoms with Gasteiger partial charge in [0.15, 0.2) is 5.78 Å². The number of furan rings is 1. The summed E-state index contributed by atoms with van der Waals surface area (Å²) >= 11 is 0. The number of ketones is 1. The summed E-state index contributed by atoms with van der Waals surface area (Å²) in [5.74, 6) is 0.217. The molecule has 0 saturated heterocycles. The van der Waals surface area contributed by atoms with Crippen molar-refractivity contribution in [2.45, 2.75) is 51.7 Å². The summed E-state index contributed by atoms with van der Waals surface area (Å²) in [6.07, 6.45) is 1.31. The standard InChI is InChI=1S/C21H23NO5/c1-13(23)18-12-17(26-14(18)2)10-11-19(24)27-20(15-6-4-3-5-7-15)21(25)22-16-8-9-16/h3-7,12,16,20H,8-11H2,1-2H3,(H,22,25)/t20-/m0/s1. The van der Waals surface area contributed by atoms with Gasteiger partial charge in [-0.25, -0.2) is 0 Å². The number of amides is 1. The van der Waals surface area contributed by atoms with Crippen LogP contribution in [0.2, 0.25) is 0 Å². The lowest BCUT2D eigenvalue weighted by molar-refractivity contribution is -0.156. The first-order chi connectivity index (χ1) is 12.9. The Balaban J connectivity index is 1.62. The van der Waals surface area contributed by atoms with Gasteiger partial charge < -0.3 is 14.5 Å². The molecule has 1 heterocycles. The molecule has 0 spiro atoms. The Morgan fingerprint density at radius 1 is 1.22 bits per heavy atom. The van der Waals surface area contributed by atoms with E-state index < -0.39 is 12.1 Å². The number of rotatable bonds is 8. The minimum atomic E-state index is -0.967. The van der Waals surface area contributed by atoms with Crippen LogP contribution in [0.3, 0.4) is 0 Å². The van der Waals surface area contributed by atoms with Gasteiger partial charge in [0.25, 0.3) is 5.91 Å². The number of ether oxygens (including phenoxy) is 1. The molecule has 6 nitrogen and oxygen atoms in total. The van der Waals surface area contributed by atoms with E-state index in [4.69, 9.17) is 9.15 Å². The molecule has 1 fully saturated rings. The van der Waals surface area contributed by atoms with Gasteiger partial charge in [0.2, 0.25) is 6.10 Å². The fourth-order valence-corrected chi connectivity index (χ4v) is 2.84. The number of hydrogen-bond donors (Lipinski definition) is 1. The van der Waals surface area contributed by atoms with Crippen LogP contribution in [0.1, 0.15) is 59.7 Å². The molecule has 6 heteroatoms. The quantitative estimate of drug-likeness (QED) is 0.570. The molecule has 0 radical (unpaired) electrons. The highest BCUT2D eigenvalue weighted by Crippen LogP contribution is 2.24. The van der Waals surface area contributed by atoms with Crippen LogP contribution in [0.15, 0.2) is 40.8 Å². The lowest BCUT2D eigenvalue weighted by atomic mass is 10.1. The van der Waals surface area contributed by atoms with Gasteiger partial charge in [-0.2, -0.15) is 0 Å². The molecule has 0 aliphatic heterocycles. The molecule has 1 atom stereocenters. The fourth-order valence-electron chi connectivity index (χ4n) is 2.84. The van der Waals surface area contributed by atoms with Gasteiger partial charge in [-0.05, 0) is 32.8 Å². The second kappa shape index (κ2) is 8.20. The Morgan fingerprint density at radius 3 is 2.52 bits per heavy atom. The van der Waals surface area contributed by atoms with Gasteiger partial charge in [0.1, 0.15) is 11.5 Å². The van der Waals surface area contributed by atoms with E-state index in [2.05, 4.69) is 5.32 Å². The Bertz CT molecular complexity index is 836. The van der Waals surface area contributed by atoms with Crippen LogP contribution in [-0.2, 0) is 20.7 Å². The van der Waals surface area contributed by atoms with E-state index in [1.165, 1.54) is 6.92 Å². The number of Topliss-reactive ketones (excluding diaryl/α,β-unsaturated/α-hetero) is 1. The summed E-state index contributed by atoms with van der Waals surface area (Å²) in [6.45, 7) is 3.19. The maximum atomic E-state index is 12.5. The average molecular weight is 369 g/mol. The number of nitrogens with one attached hydrogen (secondary N) is 1. The van der Waals surface area contributed by atoms with Crippen molar-refractivity contribution in [3.05, 3.63) is 59.0 Å². The zero-order valence-corrected chi connectivity index (χ0v) is 15.5. The zero-order chi connectivity index (χ0) is 19.4. The number of esters is 1. The summed E-state index contributed by atoms with van der Waals surface area (Å²) in [7, 11) is 0. The van der Waals surface area contributed by atoms with Crippen molar-refractivity contribution < 1.29 is 23.5 Å². The van der Waals surface area contributed by atoms with Crippen LogP contribution in [0.4, 0.5) is 0 Å². The molecule has 27 heavy (non-hydrogen) atoms. The minimum absolute atomic E-state index is 0.0599. The van der Waals surface area contributed by atoms with Crippen LogP contribution in [0.5, 0.6) is 0 Å². The van der Waals surface area contributed by atoms with E-state index in [1.54, 1.807) is 37.3 Å². The van der Waals surface area contributed by atoms with Crippen LogP contribution >= 0.6 is 0 Å². The van der Waals surface area contributed by atoms with Gasteiger partial charge in [-0.15, -0.1) is 0 Å². The highest BCUT2D eigenvalue weighted by Gasteiger charge is 2.30. The van der Waals surface area contributed by atoms with Crippen molar-refractivity contribution in [3.8, 4) is 0 Å². The second-order valence-corrected chi connectivity index (χ2v) is 6.80. The highest BCUT2D eigenvalue weighted by molar-refractivity contribution is 5.95. The van der Waals surface area contributed by atoms with E-state index in [0.29, 0.717) is 29.1 Å². The number of carbonyl (C=O) groups is 3. The summed E-state index contributed by atoms with van der Waals surface area (Å²) in [5.41, 5.74) is 1.15. The maximum absolute atomic E-state index is 12.5. The molecule has 1 N–H and O–H groups in total. The Labute approximate surface area is 157 Å². The Morgan fingerprint density at radius 2 is 1.93 bits per heavy atom. The molecule has 0 unspecified atom stereocenters. The molecule has 1 saturated carbocycles. The van der Waals surface area contributed by atoms with Crippen molar-refractivity contribution in [3.63, 3.8) is 0 Å². The van der Waals surface area contributed by atoms with Gasteiger partial charge in [0.05, 0.1) is 12.0 Å². The minimum Gasteiger partial charge on any atom is -0.466 e. The molecule has 0 bridgehead atoms. The van der Waals surface area contributed by atoms with E-state index >= 15 is 0 Å². The molecule has 142 valence electrons. The van der Waals surface area contributed by atoms with Gasteiger partial charge in [-0.1, -0.05) is 30.3 Å². The lowest BCUT2D eigenvalue weighted by Gasteiger charge is -2.18. The third-order valence-corrected chi connectivity index (χ3v) is 4.44. The van der Waals surface area contributed by atoms with Crippen LogP contribution in [-0.4, -0.2) is 23.7 Å². The number of hydrogen-bond acceptors (Lipinski definition) is 5. The molecular weight excluding hydrogens is 346 g/mol. The molecule has 1 aromatic heterocycles. The van der Waals surface area contributed by atoms with Gasteiger partial charge in [-0.3, -0.25) is 14.4 Å².